The molecule has 1 unspecified atom stereocenters. The SMILES string of the molecule is CC1=C(C(N)=O)C(c2ccccc2[N+](=O)[O-])n2nc(-c3cccc(Cl)c3)nc2N1. The van der Waals surface area contributed by atoms with Crippen LogP contribution >= 0.6 is 11.6 Å². The first-order chi connectivity index (χ1) is 13.9. The van der Waals surface area contributed by atoms with Gasteiger partial charge in [-0.15, -0.1) is 5.10 Å². The summed E-state index contributed by atoms with van der Waals surface area (Å²) in [5.41, 5.74) is 7.07. The zero-order chi connectivity index (χ0) is 20.7. The van der Waals surface area contributed by atoms with E-state index in [2.05, 4.69) is 15.4 Å². The fourth-order valence-corrected chi connectivity index (χ4v) is 3.58. The second-order valence-corrected chi connectivity index (χ2v) is 6.90. The number of nitrogens with two attached hydrogens (primary N) is 1. The van der Waals surface area contributed by atoms with E-state index < -0.39 is 16.9 Å². The minimum absolute atomic E-state index is 0.142. The first-order valence-electron chi connectivity index (χ1n) is 8.60. The highest BCUT2D eigenvalue weighted by Crippen LogP contribution is 2.39. The molecule has 1 amide bonds. The predicted octanol–water partition coefficient (Wildman–Crippen LogP) is 3.28. The lowest BCUT2D eigenvalue weighted by molar-refractivity contribution is -0.385. The summed E-state index contributed by atoms with van der Waals surface area (Å²) in [7, 11) is 0. The monoisotopic (exact) mass is 410 g/mol. The van der Waals surface area contributed by atoms with Gasteiger partial charge in [0.15, 0.2) is 5.82 Å². The number of carbonyl (C=O) groups excluding carboxylic acids is 1. The summed E-state index contributed by atoms with van der Waals surface area (Å²) in [6.07, 6.45) is 0. The fourth-order valence-electron chi connectivity index (χ4n) is 3.39. The highest BCUT2D eigenvalue weighted by atomic mass is 35.5. The Bertz CT molecular complexity index is 1190. The van der Waals surface area contributed by atoms with Crippen molar-refractivity contribution >= 4 is 29.1 Å². The zero-order valence-corrected chi connectivity index (χ0v) is 15.9. The average Bonchev–Trinajstić information content (AvgIpc) is 3.10. The second kappa shape index (κ2) is 7.02. The van der Waals surface area contributed by atoms with Gasteiger partial charge in [-0.25, -0.2) is 4.68 Å². The molecule has 4 rings (SSSR count). The Labute approximate surface area is 170 Å². The Morgan fingerprint density at radius 3 is 2.72 bits per heavy atom. The molecule has 1 aliphatic rings. The molecule has 1 atom stereocenters. The third kappa shape index (κ3) is 3.21. The van der Waals surface area contributed by atoms with Crippen molar-refractivity contribution < 1.29 is 9.72 Å². The van der Waals surface area contributed by atoms with E-state index in [0.29, 0.717) is 28.1 Å². The molecule has 9 nitrogen and oxygen atoms in total. The Morgan fingerprint density at radius 1 is 1.28 bits per heavy atom. The fraction of sp³-hybridized carbons (Fsp3) is 0.105. The van der Waals surface area contributed by atoms with Crippen molar-refractivity contribution in [2.24, 2.45) is 5.73 Å². The number of benzene rings is 2. The lowest BCUT2D eigenvalue weighted by atomic mass is 9.94. The van der Waals surface area contributed by atoms with Crippen LogP contribution < -0.4 is 11.1 Å². The summed E-state index contributed by atoms with van der Waals surface area (Å²) < 4.78 is 1.44. The van der Waals surface area contributed by atoms with Crippen molar-refractivity contribution in [3.05, 3.63) is 80.5 Å². The largest absolute Gasteiger partial charge is 0.366 e. The maximum Gasteiger partial charge on any atom is 0.275 e. The number of allylic oxidation sites excluding steroid dienone is 1. The summed E-state index contributed by atoms with van der Waals surface area (Å²) in [4.78, 5) is 27.8. The normalized spacial score (nSPS) is 15.6. The van der Waals surface area contributed by atoms with Gasteiger partial charge in [-0.05, 0) is 25.1 Å². The van der Waals surface area contributed by atoms with Crippen LogP contribution in [0.4, 0.5) is 11.6 Å². The highest BCUT2D eigenvalue weighted by Gasteiger charge is 2.36. The van der Waals surface area contributed by atoms with Crippen molar-refractivity contribution in [3.8, 4) is 11.4 Å². The summed E-state index contributed by atoms with van der Waals surface area (Å²) in [5, 5.41) is 19.6. The molecule has 0 radical (unpaired) electrons. The number of nitrogens with one attached hydrogen (secondary N) is 1. The minimum atomic E-state index is -0.897. The number of aromatic nitrogens is 3. The number of para-hydroxylation sites is 1. The van der Waals surface area contributed by atoms with Crippen LogP contribution in [0, 0.1) is 10.1 Å². The van der Waals surface area contributed by atoms with Crippen LogP contribution in [-0.4, -0.2) is 25.6 Å². The first kappa shape index (κ1) is 18.6. The first-order valence-corrected chi connectivity index (χ1v) is 8.98. The zero-order valence-electron chi connectivity index (χ0n) is 15.2. The number of fused-ring (bicyclic) bond motifs is 1. The molecule has 146 valence electrons. The number of nitrogens with zero attached hydrogens (tertiary/aromatic N) is 4. The number of primary amides is 1. The third-order valence-electron chi connectivity index (χ3n) is 4.63. The molecule has 0 spiro atoms. The van der Waals surface area contributed by atoms with Crippen LogP contribution in [0.2, 0.25) is 5.02 Å². The van der Waals surface area contributed by atoms with Gasteiger partial charge in [0.2, 0.25) is 11.9 Å². The van der Waals surface area contributed by atoms with Crippen molar-refractivity contribution in [2.45, 2.75) is 13.0 Å². The molecule has 0 fully saturated rings. The van der Waals surface area contributed by atoms with E-state index >= 15 is 0 Å². The third-order valence-corrected chi connectivity index (χ3v) is 4.86. The second-order valence-electron chi connectivity index (χ2n) is 6.46. The molecule has 1 aliphatic heterocycles. The van der Waals surface area contributed by atoms with E-state index in [-0.39, 0.29) is 16.8 Å². The van der Waals surface area contributed by atoms with E-state index in [1.54, 1.807) is 49.4 Å². The summed E-state index contributed by atoms with van der Waals surface area (Å²) in [6, 6.07) is 12.3. The van der Waals surface area contributed by atoms with E-state index in [1.807, 2.05) is 0 Å². The van der Waals surface area contributed by atoms with E-state index in [1.165, 1.54) is 10.7 Å². The van der Waals surface area contributed by atoms with Gasteiger partial charge in [-0.3, -0.25) is 14.9 Å². The highest BCUT2D eigenvalue weighted by molar-refractivity contribution is 6.30. The molecule has 3 aromatic rings. The van der Waals surface area contributed by atoms with Crippen LogP contribution in [0.1, 0.15) is 18.5 Å². The van der Waals surface area contributed by atoms with Gasteiger partial charge in [0.05, 0.1) is 16.1 Å². The number of hydrogen-bond donors (Lipinski definition) is 2. The number of halogens is 1. The number of amides is 1. The van der Waals surface area contributed by atoms with Crippen LogP contribution in [0.15, 0.2) is 59.8 Å². The topological polar surface area (TPSA) is 129 Å². The molecule has 0 aliphatic carbocycles. The molecular weight excluding hydrogens is 396 g/mol. The van der Waals surface area contributed by atoms with Gasteiger partial charge in [0.25, 0.3) is 5.69 Å². The molecule has 0 saturated heterocycles. The van der Waals surface area contributed by atoms with Crippen molar-refractivity contribution in [1.82, 2.24) is 14.8 Å². The van der Waals surface area contributed by atoms with Gasteiger partial charge in [0, 0.05) is 22.3 Å². The van der Waals surface area contributed by atoms with E-state index in [9.17, 15) is 14.9 Å². The van der Waals surface area contributed by atoms with Crippen LogP contribution in [0.3, 0.4) is 0 Å². The number of anilines is 1. The van der Waals surface area contributed by atoms with Crippen LogP contribution in [0.5, 0.6) is 0 Å². The van der Waals surface area contributed by atoms with Crippen LogP contribution in [-0.2, 0) is 4.79 Å². The standard InChI is InChI=1S/C19H15ClN6O3/c1-10-15(17(21)27)16(13-7-2-3-8-14(13)26(28)29)25-19(22-10)23-18(24-25)11-5-4-6-12(20)9-11/h2-9,16H,1H3,(H2,21,27)(H,22,23,24). The molecule has 2 heterocycles. The molecule has 3 N–H and O–H groups in total. The lowest BCUT2D eigenvalue weighted by Gasteiger charge is -2.27. The van der Waals surface area contributed by atoms with Gasteiger partial charge in [-0.2, -0.15) is 4.98 Å². The van der Waals surface area contributed by atoms with Crippen molar-refractivity contribution in [1.29, 1.82) is 0 Å². The quantitative estimate of drug-likeness (QED) is 0.501. The number of rotatable bonds is 4. The molecule has 0 saturated carbocycles. The Hall–Kier alpha value is -3.72. The summed E-state index contributed by atoms with van der Waals surface area (Å²) in [5.74, 6) is -0.00802. The number of nitro benzene ring substituents is 1. The van der Waals surface area contributed by atoms with Crippen molar-refractivity contribution in [2.75, 3.05) is 5.32 Å². The smallest absolute Gasteiger partial charge is 0.275 e. The summed E-state index contributed by atoms with van der Waals surface area (Å²) in [6.45, 7) is 1.67. The Balaban J connectivity index is 1.94. The number of nitro groups is 1. The average molecular weight is 411 g/mol. The van der Waals surface area contributed by atoms with Crippen molar-refractivity contribution in [3.63, 3.8) is 0 Å². The Kier molecular flexibility index (Phi) is 4.51. The molecule has 1 aromatic heterocycles. The number of carbonyl (C=O) groups is 1. The predicted molar refractivity (Wildman–Crippen MR) is 107 cm³/mol. The molecular formula is C19H15ClN6O3. The van der Waals surface area contributed by atoms with Gasteiger partial charge in [-0.1, -0.05) is 35.9 Å². The van der Waals surface area contributed by atoms with Crippen LogP contribution in [0.25, 0.3) is 11.4 Å². The molecule has 0 bridgehead atoms. The lowest BCUT2D eigenvalue weighted by Crippen LogP contribution is -2.32. The molecule has 10 heteroatoms. The molecule has 29 heavy (non-hydrogen) atoms. The number of hydrogen-bond acceptors (Lipinski definition) is 6. The van der Waals surface area contributed by atoms with Gasteiger partial charge in [0.1, 0.15) is 6.04 Å². The Morgan fingerprint density at radius 2 is 2.03 bits per heavy atom. The van der Waals surface area contributed by atoms with Gasteiger partial charge < -0.3 is 11.1 Å². The maximum atomic E-state index is 12.2. The van der Waals surface area contributed by atoms with Gasteiger partial charge >= 0.3 is 0 Å². The minimum Gasteiger partial charge on any atom is -0.366 e. The summed E-state index contributed by atoms with van der Waals surface area (Å²) >= 11 is 6.07. The maximum absolute atomic E-state index is 12.2. The molecule has 2 aromatic carbocycles. The van der Waals surface area contributed by atoms with E-state index in [4.69, 9.17) is 17.3 Å². The van der Waals surface area contributed by atoms with E-state index in [0.717, 1.165) is 0 Å².